The number of phenols is 1. The number of phenolic OH excluding ortho intramolecular Hbond substituents is 1. The van der Waals surface area contributed by atoms with Crippen molar-refractivity contribution in [1.29, 1.82) is 0 Å². The number of aryl methyl sites for hydroxylation is 1. The number of nitrogens with one attached hydrogen (secondary N) is 2. The van der Waals surface area contributed by atoms with Crippen LogP contribution in [0.3, 0.4) is 0 Å². The summed E-state index contributed by atoms with van der Waals surface area (Å²) in [7, 11) is 1.80. The van der Waals surface area contributed by atoms with Gasteiger partial charge < -0.3 is 15.7 Å². The predicted molar refractivity (Wildman–Crippen MR) is 98.3 cm³/mol. The zero-order valence-electron chi connectivity index (χ0n) is 13.8. The monoisotopic (exact) mass is 382 g/mol. The van der Waals surface area contributed by atoms with Crippen LogP contribution in [0.4, 0.5) is 5.69 Å². The summed E-state index contributed by atoms with van der Waals surface area (Å²) in [5, 5.41) is 21.2. The summed E-state index contributed by atoms with van der Waals surface area (Å²) in [4.78, 5) is 12.2. The van der Waals surface area contributed by atoms with Crippen molar-refractivity contribution in [2.24, 2.45) is 7.05 Å². The molecule has 1 saturated heterocycles. The molecule has 0 unspecified atom stereocenters. The third-order valence-electron chi connectivity index (χ3n) is 4.43. The van der Waals surface area contributed by atoms with E-state index in [2.05, 4.69) is 15.7 Å². The lowest BCUT2D eigenvalue weighted by Gasteiger charge is -2.31. The van der Waals surface area contributed by atoms with Gasteiger partial charge in [-0.15, -0.1) is 0 Å². The number of nitrogens with zero attached hydrogens (tertiary/aromatic N) is 2. The molecule has 3 N–H and O–H groups in total. The Hall–Kier alpha value is -1.76. The van der Waals surface area contributed by atoms with E-state index >= 15 is 0 Å². The largest absolute Gasteiger partial charge is 0.508 e. The van der Waals surface area contributed by atoms with Gasteiger partial charge in [-0.1, -0.05) is 23.2 Å². The minimum atomic E-state index is -0.0763. The van der Waals surface area contributed by atoms with E-state index in [-0.39, 0.29) is 23.6 Å². The molecule has 2 aromatic rings. The molecule has 0 radical (unpaired) electrons. The highest BCUT2D eigenvalue weighted by molar-refractivity contribution is 6.42. The number of anilines is 1. The molecule has 2 heterocycles. The first kappa shape index (κ1) is 18.0. The highest BCUT2D eigenvalue weighted by Crippen LogP contribution is 2.41. The van der Waals surface area contributed by atoms with Gasteiger partial charge in [0.15, 0.2) is 0 Å². The zero-order chi connectivity index (χ0) is 18.0. The highest BCUT2D eigenvalue weighted by Gasteiger charge is 2.28. The van der Waals surface area contributed by atoms with Crippen LogP contribution in [0.15, 0.2) is 24.5 Å². The molecule has 8 heteroatoms. The summed E-state index contributed by atoms with van der Waals surface area (Å²) in [5.41, 5.74) is 1.35. The Kier molecular flexibility index (Phi) is 5.51. The Morgan fingerprint density at radius 2 is 2.28 bits per heavy atom. The third-order valence-corrected chi connectivity index (χ3v) is 5.25. The fourth-order valence-electron chi connectivity index (χ4n) is 3.29. The molecule has 1 fully saturated rings. The molecule has 0 saturated carbocycles. The summed E-state index contributed by atoms with van der Waals surface area (Å²) >= 11 is 12.4. The molecule has 1 aromatic carbocycles. The lowest BCUT2D eigenvalue weighted by molar-refractivity contribution is -0.116. The fraction of sp³-hybridized carbons (Fsp3) is 0.412. The van der Waals surface area contributed by atoms with E-state index in [1.165, 1.54) is 0 Å². The number of halogens is 2. The average Bonchev–Trinajstić information content (AvgIpc) is 2.96. The van der Waals surface area contributed by atoms with Crippen molar-refractivity contribution in [2.45, 2.75) is 31.2 Å². The first-order valence-corrected chi connectivity index (χ1v) is 8.88. The first-order valence-electron chi connectivity index (χ1n) is 8.12. The SMILES string of the molecule is Cn1cc(NC(=O)C[C@H]2C[C@@H](c3c(O)ccc(Cl)c3Cl)CCN2)cn1. The van der Waals surface area contributed by atoms with Crippen molar-refractivity contribution in [1.82, 2.24) is 15.1 Å². The summed E-state index contributed by atoms with van der Waals surface area (Å²) in [5.74, 6) is 0.135. The maximum Gasteiger partial charge on any atom is 0.226 e. The van der Waals surface area contributed by atoms with Crippen molar-refractivity contribution in [3.8, 4) is 5.75 Å². The van der Waals surface area contributed by atoms with Gasteiger partial charge in [0.25, 0.3) is 0 Å². The van der Waals surface area contributed by atoms with Crippen LogP contribution in [-0.2, 0) is 11.8 Å². The molecule has 0 bridgehead atoms. The highest BCUT2D eigenvalue weighted by atomic mass is 35.5. The zero-order valence-corrected chi connectivity index (χ0v) is 15.3. The number of aromatic nitrogens is 2. The molecule has 134 valence electrons. The molecule has 0 spiro atoms. The van der Waals surface area contributed by atoms with Crippen LogP contribution in [0, 0.1) is 0 Å². The van der Waals surface area contributed by atoms with Crippen LogP contribution in [0.5, 0.6) is 5.75 Å². The van der Waals surface area contributed by atoms with E-state index in [1.54, 1.807) is 36.3 Å². The Bertz CT molecular complexity index is 778. The smallest absolute Gasteiger partial charge is 0.226 e. The summed E-state index contributed by atoms with van der Waals surface area (Å²) in [6, 6.07) is 3.16. The molecule has 1 aliphatic rings. The van der Waals surface area contributed by atoms with Crippen molar-refractivity contribution in [3.05, 3.63) is 40.1 Å². The molecular formula is C17H20Cl2N4O2. The normalized spacial score (nSPS) is 20.4. The Morgan fingerprint density at radius 1 is 1.48 bits per heavy atom. The topological polar surface area (TPSA) is 79.2 Å². The second-order valence-corrected chi connectivity index (χ2v) is 7.11. The van der Waals surface area contributed by atoms with Crippen LogP contribution in [0.1, 0.15) is 30.7 Å². The number of hydrogen-bond acceptors (Lipinski definition) is 4. The molecule has 1 amide bonds. The van der Waals surface area contributed by atoms with Crippen LogP contribution < -0.4 is 10.6 Å². The third kappa shape index (κ3) is 4.26. The van der Waals surface area contributed by atoms with E-state index in [4.69, 9.17) is 23.2 Å². The summed E-state index contributed by atoms with van der Waals surface area (Å²) in [6.45, 7) is 0.748. The number of benzene rings is 1. The quantitative estimate of drug-likeness (QED) is 0.757. The van der Waals surface area contributed by atoms with Crippen molar-refractivity contribution >= 4 is 34.8 Å². The molecule has 1 aliphatic heterocycles. The maximum atomic E-state index is 12.2. The van der Waals surface area contributed by atoms with E-state index in [0.717, 1.165) is 13.0 Å². The molecular weight excluding hydrogens is 363 g/mol. The maximum absolute atomic E-state index is 12.2. The number of aromatic hydroxyl groups is 1. The molecule has 1 aromatic heterocycles. The van der Waals surface area contributed by atoms with Gasteiger partial charge >= 0.3 is 0 Å². The van der Waals surface area contributed by atoms with Gasteiger partial charge in [-0.05, 0) is 37.4 Å². The fourth-order valence-corrected chi connectivity index (χ4v) is 3.77. The van der Waals surface area contributed by atoms with Gasteiger partial charge in [0.1, 0.15) is 5.75 Å². The van der Waals surface area contributed by atoms with E-state index in [0.29, 0.717) is 34.1 Å². The number of piperidine rings is 1. The molecule has 2 atom stereocenters. The van der Waals surface area contributed by atoms with Crippen LogP contribution in [0.2, 0.25) is 10.0 Å². The van der Waals surface area contributed by atoms with Crippen molar-refractivity contribution in [2.75, 3.05) is 11.9 Å². The van der Waals surface area contributed by atoms with Gasteiger partial charge in [-0.2, -0.15) is 5.10 Å². The van der Waals surface area contributed by atoms with Gasteiger partial charge in [0.05, 0.1) is 21.9 Å². The second kappa shape index (κ2) is 7.64. The predicted octanol–water partition coefficient (Wildman–Crippen LogP) is 3.30. The second-order valence-electron chi connectivity index (χ2n) is 6.32. The van der Waals surface area contributed by atoms with Crippen LogP contribution >= 0.6 is 23.2 Å². The lowest BCUT2D eigenvalue weighted by atomic mass is 9.85. The van der Waals surface area contributed by atoms with Crippen molar-refractivity contribution < 1.29 is 9.90 Å². The van der Waals surface area contributed by atoms with Gasteiger partial charge in [0, 0.05) is 31.3 Å². The van der Waals surface area contributed by atoms with E-state index < -0.39 is 0 Å². The molecule has 0 aliphatic carbocycles. The summed E-state index contributed by atoms with van der Waals surface area (Å²) in [6.07, 6.45) is 5.23. The number of carbonyl (C=O) groups is 1. The van der Waals surface area contributed by atoms with Crippen molar-refractivity contribution in [3.63, 3.8) is 0 Å². The van der Waals surface area contributed by atoms with E-state index in [9.17, 15) is 9.90 Å². The van der Waals surface area contributed by atoms with Gasteiger partial charge in [0.2, 0.25) is 5.91 Å². The first-order chi connectivity index (χ1) is 11.9. The molecule has 25 heavy (non-hydrogen) atoms. The van der Waals surface area contributed by atoms with Gasteiger partial charge in [-0.3, -0.25) is 9.48 Å². The number of carbonyl (C=O) groups excluding carboxylic acids is 1. The molecule has 6 nitrogen and oxygen atoms in total. The van der Waals surface area contributed by atoms with Crippen LogP contribution in [-0.4, -0.2) is 33.4 Å². The lowest BCUT2D eigenvalue weighted by Crippen LogP contribution is -2.39. The average molecular weight is 383 g/mol. The Labute approximate surface area is 156 Å². The number of hydrogen-bond donors (Lipinski definition) is 3. The minimum Gasteiger partial charge on any atom is -0.508 e. The number of rotatable bonds is 4. The number of amides is 1. The minimum absolute atomic E-state index is 0.00451. The van der Waals surface area contributed by atoms with Gasteiger partial charge in [-0.25, -0.2) is 0 Å². The molecule has 3 rings (SSSR count). The summed E-state index contributed by atoms with van der Waals surface area (Å²) < 4.78 is 1.63. The standard InChI is InChI=1S/C17H20Cl2N4O2/c1-23-9-12(8-21-23)22-15(25)7-11-6-10(4-5-20-11)16-14(24)3-2-13(18)17(16)19/h2-3,8-11,20,24H,4-7H2,1H3,(H,22,25)/t10-,11+/m0/s1. The van der Waals surface area contributed by atoms with Crippen LogP contribution in [0.25, 0.3) is 0 Å². The Balaban J connectivity index is 1.65. The van der Waals surface area contributed by atoms with E-state index in [1.807, 2.05) is 0 Å². The Morgan fingerprint density at radius 3 is 3.00 bits per heavy atom.